The minimum atomic E-state index is -2.90. The fourth-order valence-electron chi connectivity index (χ4n) is 2.56. The lowest BCUT2D eigenvalue weighted by atomic mass is 10.2. The van der Waals surface area contributed by atoms with Crippen molar-refractivity contribution in [1.29, 1.82) is 0 Å². The molecule has 0 fully saturated rings. The number of hydrogen-bond acceptors (Lipinski definition) is 4. The Hall–Kier alpha value is -3.03. The molecule has 0 heterocycles. The van der Waals surface area contributed by atoms with E-state index in [1.165, 1.54) is 13.2 Å². The molecule has 0 bridgehead atoms. The molecule has 152 valence electrons. The number of methoxy groups -OCH3 is 1. The van der Waals surface area contributed by atoms with Crippen LogP contribution in [0.5, 0.6) is 17.2 Å². The first-order chi connectivity index (χ1) is 13.6. The highest BCUT2D eigenvalue weighted by molar-refractivity contribution is 5.79. The largest absolute Gasteiger partial charge is 0.497 e. The van der Waals surface area contributed by atoms with Crippen molar-refractivity contribution in [2.45, 2.75) is 26.6 Å². The first-order valence-electron chi connectivity index (χ1n) is 8.84. The number of nitrogens with zero attached hydrogens (tertiary/aromatic N) is 1. The molecule has 28 heavy (non-hydrogen) atoms. The highest BCUT2D eigenvalue weighted by Gasteiger charge is 2.12. The lowest BCUT2D eigenvalue weighted by Gasteiger charge is -2.16. The van der Waals surface area contributed by atoms with Crippen LogP contribution in [0.4, 0.5) is 8.78 Å². The van der Waals surface area contributed by atoms with Gasteiger partial charge < -0.3 is 24.8 Å². The van der Waals surface area contributed by atoms with Crippen molar-refractivity contribution in [3.05, 3.63) is 53.6 Å². The summed E-state index contributed by atoms with van der Waals surface area (Å²) in [6.45, 7) is 0.324. The maximum absolute atomic E-state index is 12.6. The van der Waals surface area contributed by atoms with Gasteiger partial charge in [-0.05, 0) is 31.2 Å². The Morgan fingerprint density at radius 3 is 2.39 bits per heavy atom. The minimum Gasteiger partial charge on any atom is -0.497 e. The molecule has 0 saturated carbocycles. The number of para-hydroxylation sites is 1. The van der Waals surface area contributed by atoms with Crippen molar-refractivity contribution in [3.63, 3.8) is 0 Å². The van der Waals surface area contributed by atoms with Gasteiger partial charge in [0, 0.05) is 31.3 Å². The molecule has 0 atom stereocenters. The first kappa shape index (κ1) is 21.3. The predicted molar refractivity (Wildman–Crippen MR) is 104 cm³/mol. The second-order valence-corrected chi connectivity index (χ2v) is 5.67. The van der Waals surface area contributed by atoms with Gasteiger partial charge in [0.05, 0.1) is 13.7 Å². The summed E-state index contributed by atoms with van der Waals surface area (Å²) in [6, 6.07) is 12.4. The van der Waals surface area contributed by atoms with Gasteiger partial charge in [0.15, 0.2) is 5.96 Å². The fraction of sp³-hybridized carbons (Fsp3) is 0.350. The number of benzene rings is 2. The van der Waals surface area contributed by atoms with Crippen molar-refractivity contribution in [2.24, 2.45) is 4.99 Å². The molecule has 0 amide bonds. The number of halogens is 2. The summed E-state index contributed by atoms with van der Waals surface area (Å²) >= 11 is 0. The van der Waals surface area contributed by atoms with Crippen LogP contribution in [0.3, 0.4) is 0 Å². The van der Waals surface area contributed by atoms with E-state index < -0.39 is 6.61 Å². The van der Waals surface area contributed by atoms with Gasteiger partial charge in [-0.25, -0.2) is 0 Å². The van der Waals surface area contributed by atoms with E-state index in [0.717, 1.165) is 11.3 Å². The van der Waals surface area contributed by atoms with Crippen molar-refractivity contribution in [1.82, 2.24) is 10.6 Å². The van der Waals surface area contributed by atoms with Gasteiger partial charge in [-0.3, -0.25) is 4.99 Å². The SMILES string of the molecule is CCOc1ccccc1CNC(=NC)NCc1cc(OC)ccc1OC(F)F. The standard InChI is InChI=1S/C20H25F2N3O3/c1-4-27-17-8-6-5-7-14(17)12-24-20(23-2)25-13-15-11-16(26-3)9-10-18(15)28-19(21)22/h5-11,19H,4,12-13H2,1-3H3,(H2,23,24,25). The zero-order valence-electron chi connectivity index (χ0n) is 16.2. The average Bonchev–Trinajstić information content (AvgIpc) is 2.70. The van der Waals surface area contributed by atoms with Crippen LogP contribution in [0.15, 0.2) is 47.5 Å². The van der Waals surface area contributed by atoms with Crippen LogP contribution in [0.1, 0.15) is 18.1 Å². The summed E-state index contributed by atoms with van der Waals surface area (Å²) < 4.78 is 40.6. The Labute approximate surface area is 163 Å². The Morgan fingerprint density at radius 2 is 1.75 bits per heavy atom. The number of rotatable bonds is 9. The number of ether oxygens (including phenoxy) is 3. The lowest BCUT2D eigenvalue weighted by Crippen LogP contribution is -2.36. The van der Waals surface area contributed by atoms with Crippen LogP contribution in [-0.4, -0.2) is 33.3 Å². The molecule has 0 aliphatic carbocycles. The summed E-state index contributed by atoms with van der Waals surface area (Å²) in [4.78, 5) is 4.16. The van der Waals surface area contributed by atoms with Gasteiger partial charge in [-0.1, -0.05) is 18.2 Å². The Morgan fingerprint density at radius 1 is 1.04 bits per heavy atom. The van der Waals surface area contributed by atoms with Crippen LogP contribution in [0.25, 0.3) is 0 Å². The molecule has 2 aromatic carbocycles. The second kappa shape index (κ2) is 11.0. The highest BCUT2D eigenvalue weighted by atomic mass is 19.3. The van der Waals surface area contributed by atoms with Crippen LogP contribution in [0, 0.1) is 0 Å². The van der Waals surface area contributed by atoms with Crippen molar-refractivity contribution in [2.75, 3.05) is 20.8 Å². The van der Waals surface area contributed by atoms with Gasteiger partial charge in [0.25, 0.3) is 0 Å². The van der Waals surface area contributed by atoms with E-state index in [2.05, 4.69) is 20.4 Å². The highest BCUT2D eigenvalue weighted by Crippen LogP contribution is 2.25. The molecule has 0 unspecified atom stereocenters. The van der Waals surface area contributed by atoms with E-state index >= 15 is 0 Å². The summed E-state index contributed by atoms with van der Waals surface area (Å²) in [6.07, 6.45) is 0. The van der Waals surface area contributed by atoms with E-state index in [0.29, 0.717) is 30.4 Å². The number of alkyl halides is 2. The van der Waals surface area contributed by atoms with Crippen LogP contribution < -0.4 is 24.8 Å². The summed E-state index contributed by atoms with van der Waals surface area (Å²) in [5.74, 6) is 1.94. The quantitative estimate of drug-likeness (QED) is 0.504. The van der Waals surface area contributed by atoms with Gasteiger partial charge in [0.2, 0.25) is 0 Å². The predicted octanol–water partition coefficient (Wildman–Crippen LogP) is 3.56. The summed E-state index contributed by atoms with van der Waals surface area (Å²) in [5, 5.41) is 6.27. The zero-order chi connectivity index (χ0) is 20.4. The molecule has 2 N–H and O–H groups in total. The molecule has 0 aliphatic rings. The smallest absolute Gasteiger partial charge is 0.387 e. The van der Waals surface area contributed by atoms with E-state index in [4.69, 9.17) is 9.47 Å². The molecule has 6 nitrogen and oxygen atoms in total. The number of hydrogen-bond donors (Lipinski definition) is 2. The number of guanidine groups is 1. The minimum absolute atomic E-state index is 0.0837. The molecule has 8 heteroatoms. The van der Waals surface area contributed by atoms with Crippen LogP contribution in [0.2, 0.25) is 0 Å². The third-order valence-electron chi connectivity index (χ3n) is 3.87. The number of aliphatic imine (C=N–C) groups is 1. The molecular formula is C20H25F2N3O3. The number of nitrogens with one attached hydrogen (secondary N) is 2. The maximum Gasteiger partial charge on any atom is 0.387 e. The monoisotopic (exact) mass is 393 g/mol. The molecule has 0 spiro atoms. The topological polar surface area (TPSA) is 64.1 Å². The molecule has 2 aromatic rings. The summed E-state index contributed by atoms with van der Waals surface area (Å²) in [7, 11) is 3.14. The zero-order valence-corrected chi connectivity index (χ0v) is 16.2. The van der Waals surface area contributed by atoms with Gasteiger partial charge in [-0.2, -0.15) is 8.78 Å². The Kier molecular flexibility index (Phi) is 8.33. The van der Waals surface area contributed by atoms with E-state index in [9.17, 15) is 8.78 Å². The maximum atomic E-state index is 12.6. The first-order valence-corrected chi connectivity index (χ1v) is 8.84. The van der Waals surface area contributed by atoms with E-state index in [1.807, 2.05) is 31.2 Å². The second-order valence-electron chi connectivity index (χ2n) is 5.67. The normalized spacial score (nSPS) is 11.3. The van der Waals surface area contributed by atoms with Crippen LogP contribution >= 0.6 is 0 Å². The van der Waals surface area contributed by atoms with Gasteiger partial charge in [0.1, 0.15) is 17.2 Å². The fourth-order valence-corrected chi connectivity index (χ4v) is 2.56. The van der Waals surface area contributed by atoms with Crippen molar-refractivity contribution in [3.8, 4) is 17.2 Å². The van der Waals surface area contributed by atoms with Crippen LogP contribution in [-0.2, 0) is 13.1 Å². The summed E-state index contributed by atoms with van der Waals surface area (Å²) in [5.41, 5.74) is 1.51. The molecule has 0 aromatic heterocycles. The van der Waals surface area contributed by atoms with Gasteiger partial charge in [-0.15, -0.1) is 0 Å². The Balaban J connectivity index is 2.02. The molecule has 0 aliphatic heterocycles. The molecule has 0 radical (unpaired) electrons. The molecule has 0 saturated heterocycles. The lowest BCUT2D eigenvalue weighted by molar-refractivity contribution is -0.0504. The molecular weight excluding hydrogens is 368 g/mol. The van der Waals surface area contributed by atoms with Crippen molar-refractivity contribution < 1.29 is 23.0 Å². The van der Waals surface area contributed by atoms with Crippen molar-refractivity contribution >= 4 is 5.96 Å². The van der Waals surface area contributed by atoms with E-state index in [1.54, 1.807) is 19.2 Å². The third-order valence-corrected chi connectivity index (χ3v) is 3.87. The third kappa shape index (κ3) is 6.29. The molecule has 2 rings (SSSR count). The van der Waals surface area contributed by atoms with Gasteiger partial charge >= 0.3 is 6.61 Å². The Bertz CT molecular complexity index is 785. The van der Waals surface area contributed by atoms with E-state index in [-0.39, 0.29) is 12.3 Å². The average molecular weight is 393 g/mol.